The number of furan rings is 1. The molecule has 3 aromatic rings. The largest absolute Gasteiger partial charge is 0.507 e. The zero-order valence-electron chi connectivity index (χ0n) is 18.8. The summed E-state index contributed by atoms with van der Waals surface area (Å²) < 4.78 is 11.5. The van der Waals surface area contributed by atoms with E-state index in [2.05, 4.69) is 0 Å². The van der Waals surface area contributed by atoms with Gasteiger partial charge in [-0.1, -0.05) is 49.4 Å². The van der Waals surface area contributed by atoms with Crippen molar-refractivity contribution in [3.63, 3.8) is 0 Å². The Hall–Kier alpha value is -3.80. The number of rotatable bonds is 8. The molecule has 1 saturated heterocycles. The number of aryl methyl sites for hydroxylation is 1. The third-order valence-electron chi connectivity index (χ3n) is 5.64. The Morgan fingerprint density at radius 1 is 1.06 bits per heavy atom. The lowest BCUT2D eigenvalue weighted by Gasteiger charge is -2.23. The lowest BCUT2D eigenvalue weighted by Crippen LogP contribution is -2.31. The zero-order valence-corrected chi connectivity index (χ0v) is 18.8. The van der Waals surface area contributed by atoms with Crippen LogP contribution in [-0.4, -0.2) is 34.8 Å². The smallest absolute Gasteiger partial charge is 0.295 e. The number of likely N-dealkylation sites (tertiary alicyclic amines) is 1. The van der Waals surface area contributed by atoms with Crippen molar-refractivity contribution in [3.05, 3.63) is 95.0 Å². The molecule has 1 atom stereocenters. The highest BCUT2D eigenvalue weighted by Gasteiger charge is 2.47. The maximum absolute atomic E-state index is 13.1. The highest BCUT2D eigenvalue weighted by atomic mass is 16.5. The fourth-order valence-electron chi connectivity index (χ4n) is 4.01. The number of benzene rings is 2. The minimum absolute atomic E-state index is 0.0232. The molecule has 6 heteroatoms. The molecule has 1 amide bonds. The van der Waals surface area contributed by atoms with E-state index < -0.39 is 17.7 Å². The number of nitrogens with zero attached hydrogens (tertiary/aromatic N) is 1. The average Bonchev–Trinajstić information content (AvgIpc) is 3.37. The van der Waals surface area contributed by atoms with Crippen molar-refractivity contribution in [2.75, 3.05) is 13.2 Å². The van der Waals surface area contributed by atoms with Crippen molar-refractivity contribution in [1.29, 1.82) is 0 Å². The van der Waals surface area contributed by atoms with Crippen LogP contribution in [0.15, 0.2) is 76.7 Å². The molecular formula is C27H27NO5. The number of hydrogen-bond donors (Lipinski definition) is 1. The van der Waals surface area contributed by atoms with Crippen LogP contribution < -0.4 is 4.74 Å². The minimum atomic E-state index is -0.803. The van der Waals surface area contributed by atoms with E-state index in [1.54, 1.807) is 43.3 Å². The topological polar surface area (TPSA) is 80.0 Å². The van der Waals surface area contributed by atoms with Crippen LogP contribution >= 0.6 is 0 Å². The van der Waals surface area contributed by atoms with Gasteiger partial charge in [-0.3, -0.25) is 9.59 Å². The Bertz CT molecular complexity index is 1180. The second-order valence-corrected chi connectivity index (χ2v) is 8.05. The van der Waals surface area contributed by atoms with Crippen molar-refractivity contribution in [2.45, 2.75) is 32.7 Å². The number of hydrogen-bond acceptors (Lipinski definition) is 5. The number of carbonyl (C=O) groups is 2. The summed E-state index contributed by atoms with van der Waals surface area (Å²) in [6.45, 7) is 4.66. The van der Waals surface area contributed by atoms with Crippen LogP contribution in [0.4, 0.5) is 0 Å². The maximum atomic E-state index is 13.1. The quantitative estimate of drug-likeness (QED) is 0.298. The van der Waals surface area contributed by atoms with E-state index in [0.717, 1.165) is 12.0 Å². The molecule has 170 valence electrons. The highest BCUT2D eigenvalue weighted by molar-refractivity contribution is 6.46. The van der Waals surface area contributed by atoms with Crippen molar-refractivity contribution in [1.82, 2.24) is 4.90 Å². The van der Waals surface area contributed by atoms with Crippen molar-refractivity contribution in [2.24, 2.45) is 0 Å². The molecule has 0 radical (unpaired) electrons. The number of ether oxygens (including phenoxy) is 1. The summed E-state index contributed by atoms with van der Waals surface area (Å²) in [7, 11) is 0. The Morgan fingerprint density at radius 3 is 2.55 bits per heavy atom. The van der Waals surface area contributed by atoms with E-state index >= 15 is 0 Å². The molecule has 1 unspecified atom stereocenters. The molecule has 0 spiro atoms. The van der Waals surface area contributed by atoms with Gasteiger partial charge in [-0.25, -0.2) is 0 Å². The molecule has 1 aliphatic rings. The first-order valence-electron chi connectivity index (χ1n) is 11.1. The third kappa shape index (κ3) is 4.70. The number of carbonyl (C=O) groups excluding carboxylic acids is 2. The molecule has 6 nitrogen and oxygen atoms in total. The van der Waals surface area contributed by atoms with E-state index in [1.807, 2.05) is 37.3 Å². The fraction of sp³-hybridized carbons (Fsp3) is 0.259. The summed E-state index contributed by atoms with van der Waals surface area (Å²) in [5, 5.41) is 11.2. The standard InChI is InChI=1S/C27H27NO5/c1-3-16-32-21-11-7-10-20(17-21)25(29)23-24(22-13-12-18(2)33-22)28(27(31)26(23)30)15-14-19-8-5-4-6-9-19/h4-13,17,24,29H,3,14-16H2,1-2H3/b25-23+. The monoisotopic (exact) mass is 445 g/mol. The molecule has 1 N–H and O–H groups in total. The maximum Gasteiger partial charge on any atom is 0.295 e. The fourth-order valence-corrected chi connectivity index (χ4v) is 4.01. The SMILES string of the molecule is CCCOc1cccc(/C(O)=C2\C(=O)C(=O)N(CCc3ccccc3)C2c2ccc(C)o2)c1. The molecular weight excluding hydrogens is 418 g/mol. The number of aliphatic hydroxyl groups excluding tert-OH is 1. The molecule has 4 rings (SSSR count). The van der Waals surface area contributed by atoms with Gasteiger partial charge >= 0.3 is 0 Å². The third-order valence-corrected chi connectivity index (χ3v) is 5.64. The Labute approximate surface area is 193 Å². The second-order valence-electron chi connectivity index (χ2n) is 8.05. The summed E-state index contributed by atoms with van der Waals surface area (Å²) in [5.74, 6) is 0.0823. The predicted octanol–water partition coefficient (Wildman–Crippen LogP) is 5.04. The van der Waals surface area contributed by atoms with Gasteiger partial charge in [0.2, 0.25) is 0 Å². The van der Waals surface area contributed by atoms with Crippen LogP contribution in [0, 0.1) is 6.92 Å². The molecule has 2 aromatic carbocycles. The van der Waals surface area contributed by atoms with Crippen LogP contribution in [-0.2, 0) is 16.0 Å². The first kappa shape index (κ1) is 22.4. The van der Waals surface area contributed by atoms with Crippen LogP contribution in [0.2, 0.25) is 0 Å². The molecule has 1 aromatic heterocycles. The normalized spacial score (nSPS) is 17.5. The minimum Gasteiger partial charge on any atom is -0.507 e. The van der Waals surface area contributed by atoms with Crippen LogP contribution in [0.25, 0.3) is 5.76 Å². The summed E-state index contributed by atoms with van der Waals surface area (Å²) in [4.78, 5) is 27.6. The number of Topliss-reactive ketones (excluding diaryl/α,β-unsaturated/α-hetero) is 1. The van der Waals surface area contributed by atoms with Gasteiger partial charge in [0, 0.05) is 12.1 Å². The van der Waals surface area contributed by atoms with Gasteiger partial charge in [-0.2, -0.15) is 0 Å². The average molecular weight is 446 g/mol. The van der Waals surface area contributed by atoms with Crippen LogP contribution in [0.5, 0.6) is 5.75 Å². The molecule has 0 saturated carbocycles. The van der Waals surface area contributed by atoms with Crippen LogP contribution in [0.3, 0.4) is 0 Å². The Morgan fingerprint density at radius 2 is 1.85 bits per heavy atom. The number of ketones is 1. The van der Waals surface area contributed by atoms with E-state index in [4.69, 9.17) is 9.15 Å². The lowest BCUT2D eigenvalue weighted by atomic mass is 9.99. The van der Waals surface area contributed by atoms with Crippen molar-refractivity contribution >= 4 is 17.4 Å². The highest BCUT2D eigenvalue weighted by Crippen LogP contribution is 2.40. The van der Waals surface area contributed by atoms with Crippen molar-refractivity contribution in [3.8, 4) is 5.75 Å². The first-order valence-corrected chi connectivity index (χ1v) is 11.1. The van der Waals surface area contributed by atoms with Gasteiger partial charge in [-0.15, -0.1) is 0 Å². The van der Waals surface area contributed by atoms with E-state index in [9.17, 15) is 14.7 Å². The molecule has 1 aliphatic heterocycles. The zero-order chi connectivity index (χ0) is 23.4. The number of aliphatic hydroxyl groups is 1. The first-order chi connectivity index (χ1) is 16.0. The Kier molecular flexibility index (Phi) is 6.63. The van der Waals surface area contributed by atoms with Gasteiger partial charge in [-0.05, 0) is 49.6 Å². The summed E-state index contributed by atoms with van der Waals surface area (Å²) in [6.07, 6.45) is 1.42. The lowest BCUT2D eigenvalue weighted by molar-refractivity contribution is -0.140. The molecule has 1 fully saturated rings. The van der Waals surface area contributed by atoms with Gasteiger partial charge in [0.15, 0.2) is 0 Å². The predicted molar refractivity (Wildman–Crippen MR) is 125 cm³/mol. The van der Waals surface area contributed by atoms with Gasteiger partial charge in [0.1, 0.15) is 29.1 Å². The summed E-state index contributed by atoms with van der Waals surface area (Å²) in [5.41, 5.74) is 1.49. The van der Waals surface area contributed by atoms with Gasteiger partial charge < -0.3 is 19.2 Å². The number of amides is 1. The van der Waals surface area contributed by atoms with Gasteiger partial charge in [0.05, 0.1) is 12.2 Å². The Balaban J connectivity index is 1.74. The van der Waals surface area contributed by atoms with Gasteiger partial charge in [0.25, 0.3) is 11.7 Å². The van der Waals surface area contributed by atoms with E-state index in [0.29, 0.717) is 42.4 Å². The summed E-state index contributed by atoms with van der Waals surface area (Å²) >= 11 is 0. The van der Waals surface area contributed by atoms with E-state index in [1.165, 1.54) is 4.90 Å². The summed E-state index contributed by atoms with van der Waals surface area (Å²) in [6, 6.07) is 19.4. The van der Waals surface area contributed by atoms with Crippen LogP contribution in [0.1, 0.15) is 42.0 Å². The van der Waals surface area contributed by atoms with Crippen molar-refractivity contribution < 1.29 is 23.8 Å². The van der Waals surface area contributed by atoms with E-state index in [-0.39, 0.29) is 11.3 Å². The molecule has 2 heterocycles. The molecule has 0 bridgehead atoms. The second kappa shape index (κ2) is 9.77. The molecule has 33 heavy (non-hydrogen) atoms. The molecule has 0 aliphatic carbocycles.